The molecule has 1 unspecified atom stereocenters. The second-order valence-electron chi connectivity index (χ2n) is 10.2. The van der Waals surface area contributed by atoms with Crippen molar-refractivity contribution >= 4 is 17.7 Å². The lowest BCUT2D eigenvalue weighted by Crippen LogP contribution is -2.65. The molecule has 1 saturated carbocycles. The van der Waals surface area contributed by atoms with E-state index in [4.69, 9.17) is 9.57 Å². The number of carbonyl (C=O) groups excluding carboxylic acids is 1. The first kappa shape index (κ1) is 30.7. The lowest BCUT2D eigenvalue weighted by atomic mass is 9.58. The van der Waals surface area contributed by atoms with Crippen LogP contribution in [0, 0.1) is 5.41 Å². The molecule has 0 bridgehead atoms. The van der Waals surface area contributed by atoms with Gasteiger partial charge in [0.25, 0.3) is 0 Å². The second kappa shape index (κ2) is 14.3. The van der Waals surface area contributed by atoms with Crippen molar-refractivity contribution in [3.8, 4) is 0 Å². The van der Waals surface area contributed by atoms with Gasteiger partial charge in [0.05, 0.1) is 24.2 Å². The molecule has 2 N–H and O–H groups in total. The fourth-order valence-electron chi connectivity index (χ4n) is 4.70. The summed E-state index contributed by atoms with van der Waals surface area (Å²) in [7, 11) is 1.67. The highest BCUT2D eigenvalue weighted by Gasteiger charge is 2.58. The predicted molar refractivity (Wildman–Crippen MR) is 145 cm³/mol. The molecule has 194 valence electrons. The standard InChI is InChI=1S/C28H47NO4S/c1-20(2)12-10-14-22(5)18-25(30)33-29-24-16-17-28(31,19-34-9)27(7,26(24)32-8)23(6)15-11-13-21(3)4/h12-15,24,26,29,31H,10-11,16-19H2,1-9H3/b22-14+,23-15+/t24?,26-,27+,28+/m1/s1. The molecule has 5 nitrogen and oxygen atoms in total. The summed E-state index contributed by atoms with van der Waals surface area (Å²) in [5, 5.41) is 11.8. The second-order valence-corrected chi connectivity index (χ2v) is 11.1. The average Bonchev–Trinajstić information content (AvgIpc) is 2.74. The van der Waals surface area contributed by atoms with Gasteiger partial charge in [0.15, 0.2) is 0 Å². The summed E-state index contributed by atoms with van der Waals surface area (Å²) < 4.78 is 6.00. The summed E-state index contributed by atoms with van der Waals surface area (Å²) >= 11 is 1.64. The fourth-order valence-corrected chi connectivity index (χ4v) is 5.62. The van der Waals surface area contributed by atoms with Gasteiger partial charge in [0.2, 0.25) is 0 Å². The van der Waals surface area contributed by atoms with Crippen molar-refractivity contribution < 1.29 is 19.5 Å². The first-order chi connectivity index (χ1) is 15.9. The quantitative estimate of drug-likeness (QED) is 0.245. The molecule has 0 saturated heterocycles. The van der Waals surface area contributed by atoms with Gasteiger partial charge >= 0.3 is 5.97 Å². The van der Waals surface area contributed by atoms with Crippen LogP contribution in [0.2, 0.25) is 0 Å². The van der Waals surface area contributed by atoms with Gasteiger partial charge in [0, 0.05) is 18.3 Å². The maximum absolute atomic E-state index is 12.5. The maximum Gasteiger partial charge on any atom is 0.328 e. The van der Waals surface area contributed by atoms with Crippen LogP contribution in [0.25, 0.3) is 0 Å². The summed E-state index contributed by atoms with van der Waals surface area (Å²) in [5.41, 5.74) is 6.02. The van der Waals surface area contributed by atoms with Gasteiger partial charge in [-0.05, 0) is 73.5 Å². The van der Waals surface area contributed by atoms with Gasteiger partial charge in [-0.15, -0.1) is 5.48 Å². The van der Waals surface area contributed by atoms with Crippen molar-refractivity contribution in [2.24, 2.45) is 5.41 Å². The highest BCUT2D eigenvalue weighted by Crippen LogP contribution is 2.51. The number of hydroxylamine groups is 1. The summed E-state index contributed by atoms with van der Waals surface area (Å²) in [6, 6.07) is -0.220. The molecule has 1 aliphatic carbocycles. The zero-order valence-electron chi connectivity index (χ0n) is 22.8. The van der Waals surface area contributed by atoms with Gasteiger partial charge in [0.1, 0.15) is 0 Å². The Balaban J connectivity index is 3.03. The van der Waals surface area contributed by atoms with Crippen LogP contribution in [0.5, 0.6) is 0 Å². The van der Waals surface area contributed by atoms with E-state index in [0.29, 0.717) is 18.6 Å². The predicted octanol–water partition coefficient (Wildman–Crippen LogP) is 6.31. The number of methoxy groups -OCH3 is 1. The molecular weight excluding hydrogens is 446 g/mol. The Morgan fingerprint density at radius 3 is 2.18 bits per heavy atom. The maximum atomic E-state index is 12.5. The minimum atomic E-state index is -0.926. The number of carbonyl (C=O) groups is 1. The summed E-state index contributed by atoms with van der Waals surface area (Å²) in [6.45, 7) is 14.4. The Morgan fingerprint density at radius 2 is 1.65 bits per heavy atom. The molecule has 0 spiro atoms. The topological polar surface area (TPSA) is 67.8 Å². The van der Waals surface area contributed by atoms with Crippen molar-refractivity contribution in [2.45, 2.75) is 98.3 Å². The van der Waals surface area contributed by atoms with Gasteiger partial charge < -0.3 is 14.7 Å². The fraction of sp³-hybridized carbons (Fsp3) is 0.679. The zero-order valence-corrected chi connectivity index (χ0v) is 23.6. The monoisotopic (exact) mass is 493 g/mol. The normalized spacial score (nSPS) is 27.8. The van der Waals surface area contributed by atoms with E-state index in [2.05, 4.69) is 65.3 Å². The summed E-state index contributed by atoms with van der Waals surface area (Å²) in [6.07, 6.45) is 13.3. The third-order valence-corrected chi connectivity index (χ3v) is 7.68. The third kappa shape index (κ3) is 8.40. The highest BCUT2D eigenvalue weighted by atomic mass is 32.2. The molecule has 0 aliphatic heterocycles. The molecule has 1 rings (SSSR count). The van der Waals surface area contributed by atoms with Crippen molar-refractivity contribution in [3.63, 3.8) is 0 Å². The average molecular weight is 494 g/mol. The molecular formula is C28H47NO4S. The SMILES string of the molecule is CO[C@@H]1C(NOC(=O)C/C(C)=C/CC=C(C)C)CC[C@](O)(CSC)[C@@]1(C)/C(C)=C/CC=C(C)C. The Kier molecular flexibility index (Phi) is 12.9. The van der Waals surface area contributed by atoms with E-state index in [-0.39, 0.29) is 24.5 Å². The third-order valence-electron chi connectivity index (χ3n) is 6.92. The molecule has 0 aromatic carbocycles. The number of hydrogen-bond acceptors (Lipinski definition) is 6. The van der Waals surface area contributed by atoms with Gasteiger partial charge in [-0.3, -0.25) is 4.79 Å². The van der Waals surface area contributed by atoms with E-state index in [1.165, 1.54) is 11.1 Å². The first-order valence-corrected chi connectivity index (χ1v) is 13.6. The number of allylic oxidation sites excluding steroid dienone is 6. The van der Waals surface area contributed by atoms with Crippen molar-refractivity contribution in [3.05, 3.63) is 46.6 Å². The van der Waals surface area contributed by atoms with Crippen LogP contribution in [-0.2, 0) is 14.4 Å². The van der Waals surface area contributed by atoms with Crippen LogP contribution >= 0.6 is 11.8 Å². The van der Waals surface area contributed by atoms with E-state index >= 15 is 0 Å². The van der Waals surface area contributed by atoms with Crippen molar-refractivity contribution in [1.29, 1.82) is 0 Å². The van der Waals surface area contributed by atoms with Gasteiger partial charge in [-0.2, -0.15) is 11.8 Å². The molecule has 4 atom stereocenters. The smallest absolute Gasteiger partial charge is 0.328 e. The Morgan fingerprint density at radius 1 is 1.06 bits per heavy atom. The Hall–Kier alpha value is -1.34. The number of hydrogen-bond donors (Lipinski definition) is 2. The summed E-state index contributed by atoms with van der Waals surface area (Å²) in [5.74, 6) is 0.294. The summed E-state index contributed by atoms with van der Waals surface area (Å²) in [4.78, 5) is 18.0. The number of nitrogens with one attached hydrogen (secondary N) is 1. The van der Waals surface area contributed by atoms with E-state index in [9.17, 15) is 9.90 Å². The molecule has 1 fully saturated rings. The van der Waals surface area contributed by atoms with E-state index in [1.807, 2.05) is 19.3 Å². The largest absolute Gasteiger partial charge is 0.388 e. The minimum absolute atomic E-state index is 0.220. The van der Waals surface area contributed by atoms with Crippen LogP contribution in [-0.4, -0.2) is 47.9 Å². The minimum Gasteiger partial charge on any atom is -0.388 e. The van der Waals surface area contributed by atoms with Crippen molar-refractivity contribution in [1.82, 2.24) is 5.48 Å². The number of rotatable bonds is 12. The number of ether oxygens (including phenoxy) is 1. The van der Waals surface area contributed by atoms with E-state index in [1.54, 1.807) is 18.9 Å². The highest BCUT2D eigenvalue weighted by molar-refractivity contribution is 7.98. The van der Waals surface area contributed by atoms with E-state index in [0.717, 1.165) is 24.0 Å². The van der Waals surface area contributed by atoms with Crippen LogP contribution in [0.1, 0.15) is 80.6 Å². The molecule has 6 heteroatoms. The first-order valence-electron chi connectivity index (χ1n) is 12.2. The Bertz CT molecular complexity index is 792. The zero-order chi connectivity index (χ0) is 25.9. The van der Waals surface area contributed by atoms with Gasteiger partial charge in [-0.1, -0.05) is 53.5 Å². The molecule has 0 aromatic rings. The molecule has 0 amide bonds. The van der Waals surface area contributed by atoms with Crippen LogP contribution in [0.4, 0.5) is 0 Å². The molecule has 34 heavy (non-hydrogen) atoms. The van der Waals surface area contributed by atoms with Crippen LogP contribution < -0.4 is 5.48 Å². The number of aliphatic hydroxyl groups is 1. The molecule has 0 aromatic heterocycles. The van der Waals surface area contributed by atoms with Crippen molar-refractivity contribution in [2.75, 3.05) is 19.1 Å². The van der Waals surface area contributed by atoms with Crippen LogP contribution in [0.15, 0.2) is 46.6 Å². The van der Waals surface area contributed by atoms with Gasteiger partial charge in [-0.25, -0.2) is 0 Å². The van der Waals surface area contributed by atoms with Crippen LogP contribution in [0.3, 0.4) is 0 Å². The lowest BCUT2D eigenvalue weighted by molar-refractivity contribution is -0.180. The number of thioether (sulfide) groups is 1. The van der Waals surface area contributed by atoms with E-state index < -0.39 is 11.0 Å². The molecule has 1 aliphatic rings. The Labute approximate surface area is 212 Å². The molecule has 0 heterocycles. The lowest BCUT2D eigenvalue weighted by Gasteiger charge is -2.55. The molecule has 0 radical (unpaired) electrons.